The molecule has 1 nitrogen and oxygen atoms in total. The number of hydrogen-bond donors (Lipinski definition) is 0. The molecule has 0 fully saturated rings. The maximum absolute atomic E-state index is 14.9. The van der Waals surface area contributed by atoms with E-state index in [0.29, 0.717) is 0 Å². The third-order valence-corrected chi connectivity index (χ3v) is 13.9. The Labute approximate surface area is 364 Å². The predicted octanol–water partition coefficient (Wildman–Crippen LogP) is 16.5. The first kappa shape index (κ1) is 36.3. The molecule has 292 valence electrons. The maximum atomic E-state index is 14.9. The van der Waals surface area contributed by atoms with E-state index in [4.69, 9.17) is 0 Å². The molecule has 62 heavy (non-hydrogen) atoms. The monoisotopic (exact) mass is 811 g/mol. The molecule has 0 saturated carbocycles. The van der Waals surface area contributed by atoms with Crippen LogP contribution in [0.3, 0.4) is 0 Å². The molecule has 1 aromatic heterocycles. The molecule has 1 heterocycles. The van der Waals surface area contributed by atoms with Crippen molar-refractivity contribution in [2.45, 2.75) is 5.41 Å². The third-order valence-electron chi connectivity index (χ3n) is 12.8. The van der Waals surface area contributed by atoms with Crippen molar-refractivity contribution in [1.29, 1.82) is 0 Å². The summed E-state index contributed by atoms with van der Waals surface area (Å²) >= 11 is 1.83. The summed E-state index contributed by atoms with van der Waals surface area (Å²) in [6.45, 7) is 0. The highest BCUT2D eigenvalue weighted by Crippen LogP contribution is 2.58. The lowest BCUT2D eigenvalue weighted by molar-refractivity contribution is 0.628. The molecule has 0 radical (unpaired) electrons. The Bertz CT molecular complexity index is 3450. The maximum Gasteiger partial charge on any atom is 0.123 e. The summed E-state index contributed by atoms with van der Waals surface area (Å²) in [7, 11) is 0. The van der Waals surface area contributed by atoms with Gasteiger partial charge in [-0.1, -0.05) is 176 Å². The van der Waals surface area contributed by atoms with Crippen molar-refractivity contribution >= 4 is 59.3 Å². The number of rotatable bonds is 7. The average molecular weight is 812 g/mol. The van der Waals surface area contributed by atoms with E-state index in [1.807, 2.05) is 17.4 Å². The van der Waals surface area contributed by atoms with Gasteiger partial charge in [0, 0.05) is 37.1 Å². The van der Waals surface area contributed by atoms with E-state index < -0.39 is 5.41 Å². The van der Waals surface area contributed by atoms with Crippen molar-refractivity contribution in [3.05, 3.63) is 259 Å². The molecule has 1 aliphatic carbocycles. The van der Waals surface area contributed by atoms with E-state index in [1.54, 1.807) is 12.1 Å². The summed E-state index contributed by atoms with van der Waals surface area (Å²) in [6.07, 6.45) is 0. The Morgan fingerprint density at radius 2 is 0.984 bits per heavy atom. The lowest BCUT2D eigenvalue weighted by Gasteiger charge is -2.35. The molecular formula is C59H38FNS. The molecule has 10 aromatic carbocycles. The Hall–Kier alpha value is -7.59. The van der Waals surface area contributed by atoms with Crippen molar-refractivity contribution in [1.82, 2.24) is 0 Å². The van der Waals surface area contributed by atoms with Crippen LogP contribution >= 0.6 is 11.3 Å². The SMILES string of the molecule is Fc1cccc(-c2cccc3cccc(-c4ccccc4N(c4ccc5c(c4)C(c4ccccc4)(c4ccccc4)c4ccccc4-5)c4ccc5sc6ccccc6c5c4)c23)c1. The highest BCUT2D eigenvalue weighted by atomic mass is 32.1. The highest BCUT2D eigenvalue weighted by molar-refractivity contribution is 7.25. The summed E-state index contributed by atoms with van der Waals surface area (Å²) in [5.41, 5.74) is 14.1. The van der Waals surface area contributed by atoms with Crippen LogP contribution in [0, 0.1) is 5.82 Å². The van der Waals surface area contributed by atoms with E-state index >= 15 is 0 Å². The summed E-state index contributed by atoms with van der Waals surface area (Å²) in [5.74, 6) is -0.249. The average Bonchev–Trinajstić information content (AvgIpc) is 3.85. The number of hydrogen-bond acceptors (Lipinski definition) is 2. The summed E-state index contributed by atoms with van der Waals surface area (Å²) in [4.78, 5) is 2.45. The molecule has 0 saturated heterocycles. The van der Waals surface area contributed by atoms with Crippen LogP contribution in [0.15, 0.2) is 231 Å². The number of benzene rings is 10. The fraction of sp³-hybridized carbons (Fsp3) is 0.0169. The topological polar surface area (TPSA) is 3.24 Å². The molecule has 0 bridgehead atoms. The number of nitrogens with zero attached hydrogens (tertiary/aromatic N) is 1. The lowest BCUT2D eigenvalue weighted by atomic mass is 9.67. The molecule has 0 unspecified atom stereocenters. The van der Waals surface area contributed by atoms with Crippen molar-refractivity contribution < 1.29 is 4.39 Å². The van der Waals surface area contributed by atoms with Crippen molar-refractivity contribution in [2.75, 3.05) is 4.90 Å². The molecule has 0 amide bonds. The molecule has 0 spiro atoms. The van der Waals surface area contributed by atoms with Crippen molar-refractivity contribution in [3.8, 4) is 33.4 Å². The first-order valence-electron chi connectivity index (χ1n) is 21.1. The minimum atomic E-state index is -0.557. The van der Waals surface area contributed by atoms with Crippen LogP contribution in [0.25, 0.3) is 64.3 Å². The first-order valence-corrected chi connectivity index (χ1v) is 21.9. The normalized spacial score (nSPS) is 12.7. The van der Waals surface area contributed by atoms with Gasteiger partial charge in [0.25, 0.3) is 0 Å². The quantitative estimate of drug-likeness (QED) is 0.155. The number of para-hydroxylation sites is 1. The molecule has 12 rings (SSSR count). The van der Waals surface area contributed by atoms with Gasteiger partial charge in [-0.2, -0.15) is 0 Å². The zero-order valence-electron chi connectivity index (χ0n) is 33.7. The molecule has 0 atom stereocenters. The minimum absolute atomic E-state index is 0.249. The second kappa shape index (κ2) is 14.6. The van der Waals surface area contributed by atoms with Gasteiger partial charge in [0.2, 0.25) is 0 Å². The van der Waals surface area contributed by atoms with Crippen LogP contribution in [-0.2, 0) is 5.41 Å². The van der Waals surface area contributed by atoms with E-state index in [-0.39, 0.29) is 5.82 Å². The molecule has 0 aliphatic heterocycles. The van der Waals surface area contributed by atoms with E-state index in [9.17, 15) is 4.39 Å². The largest absolute Gasteiger partial charge is 0.310 e. The highest BCUT2D eigenvalue weighted by Gasteiger charge is 2.46. The number of thiophene rings is 1. The number of fused-ring (bicyclic) bond motifs is 7. The van der Waals surface area contributed by atoms with Gasteiger partial charge >= 0.3 is 0 Å². The van der Waals surface area contributed by atoms with Gasteiger partial charge in [0.05, 0.1) is 11.1 Å². The van der Waals surface area contributed by atoms with E-state index in [1.165, 1.54) is 59.6 Å². The van der Waals surface area contributed by atoms with E-state index in [0.717, 1.165) is 50.1 Å². The Kier molecular flexibility index (Phi) is 8.51. The minimum Gasteiger partial charge on any atom is -0.310 e. The number of anilines is 3. The van der Waals surface area contributed by atoms with Crippen LogP contribution in [0.1, 0.15) is 22.3 Å². The van der Waals surface area contributed by atoms with Gasteiger partial charge in [-0.05, 0) is 115 Å². The Balaban J connectivity index is 1.16. The third kappa shape index (κ3) is 5.59. The van der Waals surface area contributed by atoms with Crippen LogP contribution in [0.4, 0.5) is 21.5 Å². The predicted molar refractivity (Wildman–Crippen MR) is 260 cm³/mol. The van der Waals surface area contributed by atoms with E-state index in [2.05, 4.69) is 211 Å². The zero-order valence-corrected chi connectivity index (χ0v) is 34.5. The van der Waals surface area contributed by atoms with Gasteiger partial charge in [0.1, 0.15) is 5.82 Å². The Morgan fingerprint density at radius 1 is 0.387 bits per heavy atom. The summed E-state index contributed by atoms with van der Waals surface area (Å²) in [5, 5.41) is 4.68. The van der Waals surface area contributed by atoms with Crippen molar-refractivity contribution in [3.63, 3.8) is 0 Å². The standard InChI is InChI=1S/C59H38FNS/c60-43-23-13-18-40(36-43)46-27-14-16-39-17-15-28-51(58(39)46)49-25-8-11-30-55(49)61(44-33-35-57-52(37-44)50-26-9-12-31-56(50)62-57)45-32-34-48-47-24-7-10-29-53(47)59(54(48)38-45,41-19-3-1-4-20-41)42-21-5-2-6-22-42/h1-38H. The lowest BCUT2D eigenvalue weighted by Crippen LogP contribution is -2.28. The smallest absolute Gasteiger partial charge is 0.123 e. The van der Waals surface area contributed by atoms with Gasteiger partial charge in [-0.3, -0.25) is 0 Å². The van der Waals surface area contributed by atoms with Gasteiger partial charge in [-0.15, -0.1) is 11.3 Å². The molecular weight excluding hydrogens is 774 g/mol. The van der Waals surface area contributed by atoms with Crippen LogP contribution in [0.2, 0.25) is 0 Å². The van der Waals surface area contributed by atoms with Gasteiger partial charge < -0.3 is 4.90 Å². The fourth-order valence-electron chi connectivity index (χ4n) is 10.2. The summed E-state index contributed by atoms with van der Waals surface area (Å²) < 4.78 is 17.4. The molecule has 11 aromatic rings. The first-order chi connectivity index (χ1) is 30.7. The number of halogens is 1. The van der Waals surface area contributed by atoms with Crippen LogP contribution in [-0.4, -0.2) is 0 Å². The Morgan fingerprint density at radius 3 is 1.77 bits per heavy atom. The van der Waals surface area contributed by atoms with Gasteiger partial charge in [-0.25, -0.2) is 4.39 Å². The molecule has 0 N–H and O–H groups in total. The zero-order chi connectivity index (χ0) is 41.2. The van der Waals surface area contributed by atoms with Crippen LogP contribution in [0.5, 0.6) is 0 Å². The molecule has 3 heteroatoms. The van der Waals surface area contributed by atoms with Crippen molar-refractivity contribution in [2.24, 2.45) is 0 Å². The molecule has 1 aliphatic rings. The summed E-state index contributed by atoms with van der Waals surface area (Å²) in [6, 6.07) is 82.2. The van der Waals surface area contributed by atoms with Crippen LogP contribution < -0.4 is 4.90 Å². The fourth-order valence-corrected chi connectivity index (χ4v) is 11.3. The second-order valence-corrected chi connectivity index (χ2v) is 17.2. The second-order valence-electron chi connectivity index (χ2n) is 16.1. The van der Waals surface area contributed by atoms with Gasteiger partial charge in [0.15, 0.2) is 0 Å².